The highest BCUT2D eigenvalue weighted by Crippen LogP contribution is 2.48. The van der Waals surface area contributed by atoms with Gasteiger partial charge in [0.2, 0.25) is 0 Å². The van der Waals surface area contributed by atoms with Crippen molar-refractivity contribution in [2.75, 3.05) is 0 Å². The largest absolute Gasteiger partial charge is 0.462 e. The van der Waals surface area contributed by atoms with Crippen LogP contribution in [0.5, 0.6) is 0 Å². The summed E-state index contributed by atoms with van der Waals surface area (Å²) < 4.78 is 5.51. The molecule has 1 saturated heterocycles. The molecule has 3 unspecified atom stereocenters. The highest BCUT2D eigenvalue weighted by Gasteiger charge is 2.48. The van der Waals surface area contributed by atoms with Crippen LogP contribution in [0.1, 0.15) is 59.3 Å². The van der Waals surface area contributed by atoms with Crippen molar-refractivity contribution in [1.82, 2.24) is 0 Å². The first-order chi connectivity index (χ1) is 7.56. The minimum Gasteiger partial charge on any atom is -0.462 e. The zero-order valence-corrected chi connectivity index (χ0v) is 10.8. The molecular weight excluding hydrogens is 200 g/mol. The first-order valence-electron chi connectivity index (χ1n) is 6.76. The Hall–Kier alpha value is -0.530. The number of hydrogen-bond acceptors (Lipinski definition) is 2. The molecule has 1 saturated carbocycles. The van der Waals surface area contributed by atoms with Gasteiger partial charge < -0.3 is 4.74 Å². The molecule has 2 fully saturated rings. The Morgan fingerprint density at radius 1 is 1.50 bits per heavy atom. The van der Waals surface area contributed by atoms with Gasteiger partial charge in [-0.2, -0.15) is 0 Å². The van der Waals surface area contributed by atoms with Crippen molar-refractivity contribution in [1.29, 1.82) is 0 Å². The van der Waals surface area contributed by atoms with Gasteiger partial charge in [-0.05, 0) is 31.1 Å². The summed E-state index contributed by atoms with van der Waals surface area (Å²) in [6.45, 7) is 6.64. The van der Waals surface area contributed by atoms with Crippen LogP contribution in [0.15, 0.2) is 0 Å². The van der Waals surface area contributed by atoms with Crippen LogP contribution in [-0.2, 0) is 9.53 Å². The van der Waals surface area contributed by atoms with Crippen molar-refractivity contribution in [3.8, 4) is 0 Å². The highest BCUT2D eigenvalue weighted by atomic mass is 16.6. The summed E-state index contributed by atoms with van der Waals surface area (Å²) in [4.78, 5) is 11.5. The number of carbonyl (C=O) groups is 1. The topological polar surface area (TPSA) is 26.3 Å². The van der Waals surface area contributed by atoms with Gasteiger partial charge in [-0.25, -0.2) is 0 Å². The molecule has 0 aromatic heterocycles. The molecule has 4 atom stereocenters. The van der Waals surface area contributed by atoms with Gasteiger partial charge in [0, 0.05) is 5.92 Å². The van der Waals surface area contributed by atoms with E-state index in [1.807, 2.05) is 6.92 Å². The SMILES string of the molecule is CCCCC1(C)CCC2C(C1)OC(=O)[C@@H]2C. The Morgan fingerprint density at radius 3 is 2.94 bits per heavy atom. The number of fused-ring (bicyclic) bond motifs is 1. The molecule has 1 aliphatic heterocycles. The van der Waals surface area contributed by atoms with Gasteiger partial charge in [0.15, 0.2) is 0 Å². The highest BCUT2D eigenvalue weighted by molar-refractivity contribution is 5.74. The van der Waals surface area contributed by atoms with E-state index in [2.05, 4.69) is 13.8 Å². The average molecular weight is 224 g/mol. The maximum absolute atomic E-state index is 11.5. The third-order valence-corrected chi connectivity index (χ3v) is 4.67. The van der Waals surface area contributed by atoms with Crippen molar-refractivity contribution >= 4 is 5.97 Å². The molecule has 0 spiro atoms. The maximum atomic E-state index is 11.5. The van der Waals surface area contributed by atoms with E-state index in [9.17, 15) is 4.79 Å². The summed E-state index contributed by atoms with van der Waals surface area (Å²) >= 11 is 0. The van der Waals surface area contributed by atoms with E-state index in [4.69, 9.17) is 4.74 Å². The second kappa shape index (κ2) is 4.38. The van der Waals surface area contributed by atoms with Crippen molar-refractivity contribution in [3.63, 3.8) is 0 Å². The smallest absolute Gasteiger partial charge is 0.309 e. The molecule has 0 aromatic carbocycles. The molecule has 0 amide bonds. The standard InChI is InChI=1S/C14H24O2/c1-4-5-7-14(3)8-6-11-10(2)13(15)16-12(11)9-14/h10-12H,4-9H2,1-3H3/t10-,11?,12?,14?/m1/s1. The van der Waals surface area contributed by atoms with Crippen molar-refractivity contribution in [2.24, 2.45) is 17.3 Å². The van der Waals surface area contributed by atoms with Gasteiger partial charge in [0.05, 0.1) is 5.92 Å². The lowest BCUT2D eigenvalue weighted by Crippen LogP contribution is -2.34. The summed E-state index contributed by atoms with van der Waals surface area (Å²) in [5, 5.41) is 0. The summed E-state index contributed by atoms with van der Waals surface area (Å²) in [5.74, 6) is 0.678. The summed E-state index contributed by atoms with van der Waals surface area (Å²) in [6.07, 6.45) is 7.62. The third kappa shape index (κ3) is 2.11. The van der Waals surface area contributed by atoms with Gasteiger partial charge >= 0.3 is 5.97 Å². The van der Waals surface area contributed by atoms with E-state index in [0.717, 1.165) is 6.42 Å². The van der Waals surface area contributed by atoms with Crippen molar-refractivity contribution in [2.45, 2.75) is 65.4 Å². The normalized spacial score (nSPS) is 42.9. The number of rotatable bonds is 3. The fourth-order valence-electron chi connectivity index (χ4n) is 3.40. The predicted octanol–water partition coefficient (Wildman–Crippen LogP) is 3.54. The van der Waals surface area contributed by atoms with Crippen LogP contribution < -0.4 is 0 Å². The molecule has 1 heterocycles. The van der Waals surface area contributed by atoms with Crippen LogP contribution in [0.4, 0.5) is 0 Å². The zero-order chi connectivity index (χ0) is 11.8. The Balaban J connectivity index is 1.98. The second-order valence-corrected chi connectivity index (χ2v) is 6.08. The average Bonchev–Trinajstić information content (AvgIpc) is 2.51. The monoisotopic (exact) mass is 224 g/mol. The van der Waals surface area contributed by atoms with E-state index in [0.29, 0.717) is 11.3 Å². The van der Waals surface area contributed by atoms with Crippen LogP contribution in [0.2, 0.25) is 0 Å². The minimum atomic E-state index is 0.0368. The third-order valence-electron chi connectivity index (χ3n) is 4.67. The van der Waals surface area contributed by atoms with Crippen molar-refractivity contribution < 1.29 is 9.53 Å². The molecule has 92 valence electrons. The van der Waals surface area contributed by atoms with Crippen LogP contribution in [0, 0.1) is 17.3 Å². The second-order valence-electron chi connectivity index (χ2n) is 6.08. The summed E-state index contributed by atoms with van der Waals surface area (Å²) in [7, 11) is 0. The fraction of sp³-hybridized carbons (Fsp3) is 0.929. The van der Waals surface area contributed by atoms with Gasteiger partial charge in [0.25, 0.3) is 0 Å². The number of hydrogen-bond donors (Lipinski definition) is 0. The first-order valence-corrected chi connectivity index (χ1v) is 6.76. The van der Waals surface area contributed by atoms with Gasteiger partial charge in [-0.1, -0.05) is 33.6 Å². The molecule has 1 aliphatic carbocycles. The van der Waals surface area contributed by atoms with Gasteiger partial charge in [0.1, 0.15) is 6.10 Å². The van der Waals surface area contributed by atoms with Crippen LogP contribution in [0.25, 0.3) is 0 Å². The minimum absolute atomic E-state index is 0.0368. The van der Waals surface area contributed by atoms with E-state index in [1.165, 1.54) is 32.1 Å². The van der Waals surface area contributed by atoms with Crippen LogP contribution in [0.3, 0.4) is 0 Å². The number of esters is 1. The van der Waals surface area contributed by atoms with E-state index in [1.54, 1.807) is 0 Å². The Bertz CT molecular complexity index is 274. The number of carbonyl (C=O) groups excluding carboxylic acids is 1. The molecule has 2 rings (SSSR count). The molecule has 0 bridgehead atoms. The molecule has 0 aromatic rings. The summed E-state index contributed by atoms with van der Waals surface area (Å²) in [6, 6.07) is 0. The van der Waals surface area contributed by atoms with E-state index >= 15 is 0 Å². The molecule has 16 heavy (non-hydrogen) atoms. The Morgan fingerprint density at radius 2 is 2.25 bits per heavy atom. The number of ether oxygens (including phenoxy) is 1. The lowest BCUT2D eigenvalue weighted by Gasteiger charge is -2.39. The summed E-state index contributed by atoms with van der Waals surface area (Å²) in [5.41, 5.74) is 0.418. The molecule has 2 heteroatoms. The molecule has 0 N–H and O–H groups in total. The van der Waals surface area contributed by atoms with E-state index in [-0.39, 0.29) is 18.0 Å². The lowest BCUT2D eigenvalue weighted by atomic mass is 9.66. The molecular formula is C14H24O2. The Labute approximate surface area is 98.7 Å². The fourth-order valence-corrected chi connectivity index (χ4v) is 3.40. The quantitative estimate of drug-likeness (QED) is 0.685. The maximum Gasteiger partial charge on any atom is 0.309 e. The molecule has 0 radical (unpaired) electrons. The van der Waals surface area contributed by atoms with Crippen LogP contribution in [-0.4, -0.2) is 12.1 Å². The zero-order valence-electron chi connectivity index (χ0n) is 10.8. The van der Waals surface area contributed by atoms with E-state index < -0.39 is 0 Å². The Kier molecular flexibility index (Phi) is 3.27. The predicted molar refractivity (Wildman–Crippen MR) is 64.0 cm³/mol. The van der Waals surface area contributed by atoms with Crippen LogP contribution >= 0.6 is 0 Å². The molecule has 2 nitrogen and oxygen atoms in total. The van der Waals surface area contributed by atoms with Crippen molar-refractivity contribution in [3.05, 3.63) is 0 Å². The van der Waals surface area contributed by atoms with Gasteiger partial charge in [-0.15, -0.1) is 0 Å². The molecule has 2 aliphatic rings. The number of unbranched alkanes of at least 4 members (excludes halogenated alkanes) is 1. The lowest BCUT2D eigenvalue weighted by molar-refractivity contribution is -0.145. The first kappa shape index (κ1) is 11.9. The van der Waals surface area contributed by atoms with Gasteiger partial charge in [-0.3, -0.25) is 4.79 Å².